The summed E-state index contributed by atoms with van der Waals surface area (Å²) in [4.78, 5) is 0. The Bertz CT molecular complexity index is 352. The fraction of sp³-hybridized carbons (Fsp3) is 0. The van der Waals surface area contributed by atoms with Gasteiger partial charge in [0.25, 0.3) is 0 Å². The normalized spacial score (nSPS) is 10.1. The Balaban J connectivity index is 2.43. The summed E-state index contributed by atoms with van der Waals surface area (Å²) in [6, 6.07) is 6.98. The second kappa shape index (κ2) is 2.73. The first-order valence-electron chi connectivity index (χ1n) is 3.40. The lowest BCUT2D eigenvalue weighted by Crippen LogP contribution is -1.79. The summed E-state index contributed by atoms with van der Waals surface area (Å²) in [5, 5.41) is 9.86. The Morgan fingerprint density at radius 2 is 2.33 bits per heavy atom. The maximum Gasteiger partial charge on any atom is 0.123 e. The van der Waals surface area contributed by atoms with Crippen LogP contribution in [0.1, 0.15) is 0 Å². The van der Waals surface area contributed by atoms with Crippen LogP contribution in [0.2, 0.25) is 0 Å². The molecule has 12 heavy (non-hydrogen) atoms. The SMILES string of the molecule is Fc1c[c]c(-c2c[nH]nn2)cc1. The van der Waals surface area contributed by atoms with Gasteiger partial charge in [-0.25, -0.2) is 4.39 Å². The molecule has 1 radical (unpaired) electrons. The van der Waals surface area contributed by atoms with Gasteiger partial charge < -0.3 is 0 Å². The van der Waals surface area contributed by atoms with E-state index in [4.69, 9.17) is 0 Å². The zero-order chi connectivity index (χ0) is 8.39. The van der Waals surface area contributed by atoms with E-state index < -0.39 is 0 Å². The number of halogens is 1. The molecular formula is C8H5FN3. The summed E-state index contributed by atoms with van der Waals surface area (Å²) >= 11 is 0. The predicted molar refractivity (Wildman–Crippen MR) is 40.6 cm³/mol. The molecule has 0 saturated heterocycles. The first-order valence-corrected chi connectivity index (χ1v) is 3.40. The van der Waals surface area contributed by atoms with Gasteiger partial charge in [0.1, 0.15) is 11.5 Å². The maximum absolute atomic E-state index is 12.5. The van der Waals surface area contributed by atoms with Crippen LogP contribution >= 0.6 is 0 Å². The van der Waals surface area contributed by atoms with E-state index in [0.29, 0.717) is 5.69 Å². The van der Waals surface area contributed by atoms with Gasteiger partial charge in [0, 0.05) is 5.56 Å². The van der Waals surface area contributed by atoms with Crippen LogP contribution in [0.25, 0.3) is 11.3 Å². The molecule has 0 atom stereocenters. The highest BCUT2D eigenvalue weighted by atomic mass is 19.1. The van der Waals surface area contributed by atoms with Crippen molar-refractivity contribution in [3.8, 4) is 11.3 Å². The van der Waals surface area contributed by atoms with Crippen LogP contribution in [0.15, 0.2) is 24.4 Å². The Hall–Kier alpha value is -1.71. The third-order valence-electron chi connectivity index (χ3n) is 1.47. The molecule has 1 aromatic heterocycles. The summed E-state index contributed by atoms with van der Waals surface area (Å²) in [5.74, 6) is -0.303. The standard InChI is InChI=1S/C8H5FN3/c9-7-3-1-6(2-4-7)8-5-10-12-11-8/h1,3-5H,(H,10,11,12). The fourth-order valence-corrected chi connectivity index (χ4v) is 0.898. The lowest BCUT2D eigenvalue weighted by Gasteiger charge is -1.92. The quantitative estimate of drug-likeness (QED) is 0.688. The number of nitrogens with one attached hydrogen (secondary N) is 1. The van der Waals surface area contributed by atoms with Crippen molar-refractivity contribution in [1.82, 2.24) is 15.4 Å². The molecule has 3 nitrogen and oxygen atoms in total. The number of aromatic amines is 1. The van der Waals surface area contributed by atoms with Crippen molar-refractivity contribution >= 4 is 0 Å². The van der Waals surface area contributed by atoms with Crippen LogP contribution in [0, 0.1) is 11.9 Å². The number of benzene rings is 1. The summed E-state index contributed by atoms with van der Waals surface area (Å²) in [6.07, 6.45) is 1.63. The van der Waals surface area contributed by atoms with Gasteiger partial charge in [-0.15, -0.1) is 5.10 Å². The molecule has 0 amide bonds. The van der Waals surface area contributed by atoms with Gasteiger partial charge in [-0.05, 0) is 24.3 Å². The summed E-state index contributed by atoms with van der Waals surface area (Å²) in [5.41, 5.74) is 1.39. The molecule has 0 aliphatic rings. The largest absolute Gasteiger partial charge is 0.265 e. The van der Waals surface area contributed by atoms with E-state index in [1.165, 1.54) is 12.1 Å². The van der Waals surface area contributed by atoms with Crippen LogP contribution in [-0.4, -0.2) is 15.4 Å². The molecule has 0 bridgehead atoms. The average molecular weight is 162 g/mol. The van der Waals surface area contributed by atoms with Gasteiger partial charge in [0.2, 0.25) is 0 Å². The number of hydrogen-bond acceptors (Lipinski definition) is 2. The van der Waals surface area contributed by atoms with Crippen molar-refractivity contribution in [3.05, 3.63) is 36.3 Å². The van der Waals surface area contributed by atoms with E-state index in [1.54, 1.807) is 12.3 Å². The zero-order valence-electron chi connectivity index (χ0n) is 6.08. The lowest BCUT2D eigenvalue weighted by atomic mass is 10.2. The maximum atomic E-state index is 12.5. The first kappa shape index (κ1) is 6.97. The molecule has 1 aromatic carbocycles. The van der Waals surface area contributed by atoms with E-state index >= 15 is 0 Å². The smallest absolute Gasteiger partial charge is 0.123 e. The van der Waals surface area contributed by atoms with Gasteiger partial charge in [0.15, 0.2) is 0 Å². The van der Waals surface area contributed by atoms with E-state index in [9.17, 15) is 4.39 Å². The third-order valence-corrected chi connectivity index (χ3v) is 1.47. The third kappa shape index (κ3) is 1.18. The highest BCUT2D eigenvalue weighted by molar-refractivity contribution is 5.56. The van der Waals surface area contributed by atoms with E-state index in [-0.39, 0.29) is 5.82 Å². The number of aromatic nitrogens is 3. The van der Waals surface area contributed by atoms with Crippen molar-refractivity contribution in [2.75, 3.05) is 0 Å². The average Bonchev–Trinajstić information content (AvgIpc) is 2.58. The van der Waals surface area contributed by atoms with Crippen molar-refractivity contribution in [3.63, 3.8) is 0 Å². The Morgan fingerprint density at radius 1 is 1.42 bits per heavy atom. The molecule has 0 aliphatic carbocycles. The van der Waals surface area contributed by atoms with Gasteiger partial charge in [0.05, 0.1) is 6.20 Å². The molecule has 1 heterocycles. The minimum atomic E-state index is -0.303. The van der Waals surface area contributed by atoms with Gasteiger partial charge in [-0.1, -0.05) is 5.21 Å². The lowest BCUT2D eigenvalue weighted by molar-refractivity contribution is 0.627. The highest BCUT2D eigenvalue weighted by Crippen LogP contribution is 2.13. The van der Waals surface area contributed by atoms with E-state index in [2.05, 4.69) is 21.5 Å². The summed E-state index contributed by atoms with van der Waals surface area (Å²) < 4.78 is 12.5. The van der Waals surface area contributed by atoms with Crippen LogP contribution in [0.3, 0.4) is 0 Å². The van der Waals surface area contributed by atoms with Crippen molar-refractivity contribution in [2.24, 2.45) is 0 Å². The number of rotatable bonds is 1. The molecule has 2 rings (SSSR count). The predicted octanol–water partition coefficient (Wildman–Crippen LogP) is 1.41. The zero-order valence-corrected chi connectivity index (χ0v) is 6.08. The first-order chi connectivity index (χ1) is 5.86. The van der Waals surface area contributed by atoms with Crippen molar-refractivity contribution in [1.29, 1.82) is 0 Å². The van der Waals surface area contributed by atoms with Crippen LogP contribution in [0.4, 0.5) is 4.39 Å². The molecule has 0 fully saturated rings. The van der Waals surface area contributed by atoms with Crippen LogP contribution in [0.5, 0.6) is 0 Å². The van der Waals surface area contributed by atoms with Crippen LogP contribution < -0.4 is 0 Å². The van der Waals surface area contributed by atoms with Gasteiger partial charge in [-0.2, -0.15) is 0 Å². The molecule has 0 spiro atoms. The molecule has 1 N–H and O–H groups in total. The minimum Gasteiger partial charge on any atom is -0.265 e. The van der Waals surface area contributed by atoms with Crippen molar-refractivity contribution < 1.29 is 4.39 Å². The molecule has 0 unspecified atom stereocenters. The molecule has 0 saturated carbocycles. The van der Waals surface area contributed by atoms with E-state index in [0.717, 1.165) is 5.56 Å². The van der Waals surface area contributed by atoms with Crippen LogP contribution in [-0.2, 0) is 0 Å². The Kier molecular flexibility index (Phi) is 1.59. The number of nitrogens with zero attached hydrogens (tertiary/aromatic N) is 2. The number of hydrogen-bond donors (Lipinski definition) is 1. The Labute approximate surface area is 68.2 Å². The summed E-state index contributed by atoms with van der Waals surface area (Å²) in [6.45, 7) is 0. The van der Waals surface area contributed by atoms with Crippen molar-refractivity contribution in [2.45, 2.75) is 0 Å². The minimum absolute atomic E-state index is 0.303. The van der Waals surface area contributed by atoms with E-state index in [1.807, 2.05) is 0 Å². The fourth-order valence-electron chi connectivity index (χ4n) is 0.898. The molecule has 4 heteroatoms. The van der Waals surface area contributed by atoms with Gasteiger partial charge in [-0.3, -0.25) is 5.10 Å². The molecular weight excluding hydrogens is 157 g/mol. The monoisotopic (exact) mass is 162 g/mol. The van der Waals surface area contributed by atoms with Gasteiger partial charge >= 0.3 is 0 Å². The highest BCUT2D eigenvalue weighted by Gasteiger charge is 1.99. The molecule has 0 aliphatic heterocycles. The molecule has 59 valence electrons. The molecule has 2 aromatic rings. The second-order valence-corrected chi connectivity index (χ2v) is 2.28. The Morgan fingerprint density at radius 3 is 2.92 bits per heavy atom. The number of H-pyrrole nitrogens is 1. The summed E-state index contributed by atoms with van der Waals surface area (Å²) in [7, 11) is 0. The topological polar surface area (TPSA) is 41.6 Å². The second-order valence-electron chi connectivity index (χ2n) is 2.28.